The van der Waals surface area contributed by atoms with Crippen LogP contribution in [0.2, 0.25) is 0 Å². The van der Waals surface area contributed by atoms with E-state index in [0.29, 0.717) is 4.31 Å². The van der Waals surface area contributed by atoms with Crippen molar-refractivity contribution in [1.29, 1.82) is 0 Å². The predicted octanol–water partition coefficient (Wildman–Crippen LogP) is -1.21. The third-order valence-electron chi connectivity index (χ3n) is 2.28. The van der Waals surface area contributed by atoms with Crippen molar-refractivity contribution < 1.29 is 18.3 Å². The van der Waals surface area contributed by atoms with Gasteiger partial charge in [-0.3, -0.25) is 14.6 Å². The summed E-state index contributed by atoms with van der Waals surface area (Å²) in [7, 11) is -4.30. The quantitative estimate of drug-likeness (QED) is 0.602. The Morgan fingerprint density at radius 2 is 2.00 bits per heavy atom. The van der Waals surface area contributed by atoms with E-state index in [0.717, 1.165) is 6.20 Å². The Balaban J connectivity index is 3.31. The summed E-state index contributed by atoms with van der Waals surface area (Å²) >= 11 is 0. The summed E-state index contributed by atoms with van der Waals surface area (Å²) in [6.07, 6.45) is 0.756. The number of rotatable bonds is 6. The maximum absolute atomic E-state index is 12.3. The van der Waals surface area contributed by atoms with Crippen molar-refractivity contribution in [3.05, 3.63) is 27.0 Å². The molecule has 10 heteroatoms. The third-order valence-corrected chi connectivity index (χ3v) is 4.10. The molecule has 0 aliphatic heterocycles. The highest BCUT2D eigenvalue weighted by Crippen LogP contribution is 2.12. The molecule has 1 rings (SSSR count). The van der Waals surface area contributed by atoms with Crippen LogP contribution in [0, 0.1) is 5.92 Å². The number of nitrogens with zero attached hydrogens (tertiary/aromatic N) is 1. The van der Waals surface area contributed by atoms with E-state index < -0.39 is 38.7 Å². The van der Waals surface area contributed by atoms with E-state index in [-0.39, 0.29) is 12.5 Å². The highest BCUT2D eigenvalue weighted by Gasteiger charge is 2.29. The van der Waals surface area contributed by atoms with Gasteiger partial charge in [0.25, 0.3) is 15.6 Å². The number of carbonyl (C=O) groups is 1. The van der Waals surface area contributed by atoms with E-state index in [9.17, 15) is 22.8 Å². The topological polar surface area (TPSA) is 140 Å². The maximum atomic E-state index is 12.3. The van der Waals surface area contributed by atoms with Crippen LogP contribution in [-0.2, 0) is 14.8 Å². The first-order valence-corrected chi connectivity index (χ1v) is 7.12. The molecule has 9 nitrogen and oxygen atoms in total. The van der Waals surface area contributed by atoms with Crippen molar-refractivity contribution in [1.82, 2.24) is 14.3 Å². The molecule has 0 saturated carbocycles. The van der Waals surface area contributed by atoms with Crippen molar-refractivity contribution in [3.63, 3.8) is 0 Å². The van der Waals surface area contributed by atoms with Gasteiger partial charge in [0, 0.05) is 12.7 Å². The van der Waals surface area contributed by atoms with E-state index >= 15 is 0 Å². The zero-order valence-corrected chi connectivity index (χ0v) is 11.7. The molecule has 0 radical (unpaired) electrons. The SMILES string of the molecule is CC(C)CN(CC(=O)O)S(=O)(=O)c1c[nH]c(=O)[nH]c1=O. The van der Waals surface area contributed by atoms with Crippen molar-refractivity contribution in [2.24, 2.45) is 5.92 Å². The van der Waals surface area contributed by atoms with Crippen LogP contribution in [0.3, 0.4) is 0 Å². The largest absolute Gasteiger partial charge is 0.480 e. The van der Waals surface area contributed by atoms with Crippen LogP contribution < -0.4 is 11.2 Å². The number of hydrogen-bond acceptors (Lipinski definition) is 5. The highest BCUT2D eigenvalue weighted by molar-refractivity contribution is 7.89. The zero-order chi connectivity index (χ0) is 15.5. The second kappa shape index (κ2) is 6.01. The molecule has 0 aliphatic rings. The van der Waals surface area contributed by atoms with Crippen LogP contribution in [0.4, 0.5) is 0 Å². The minimum Gasteiger partial charge on any atom is -0.480 e. The van der Waals surface area contributed by atoms with Gasteiger partial charge in [-0.2, -0.15) is 4.31 Å². The minimum absolute atomic E-state index is 0.0623. The van der Waals surface area contributed by atoms with Gasteiger partial charge in [-0.25, -0.2) is 13.2 Å². The molecule has 1 aromatic rings. The lowest BCUT2D eigenvalue weighted by molar-refractivity contribution is -0.137. The average molecular weight is 305 g/mol. The summed E-state index contributed by atoms with van der Waals surface area (Å²) in [6, 6.07) is 0. The van der Waals surface area contributed by atoms with Crippen LogP contribution in [0.5, 0.6) is 0 Å². The number of hydrogen-bond donors (Lipinski definition) is 3. The van der Waals surface area contributed by atoms with E-state index in [4.69, 9.17) is 5.11 Å². The molecule has 112 valence electrons. The molecule has 1 aromatic heterocycles. The monoisotopic (exact) mass is 305 g/mol. The average Bonchev–Trinajstić information content (AvgIpc) is 2.26. The van der Waals surface area contributed by atoms with Crippen LogP contribution in [0.25, 0.3) is 0 Å². The normalized spacial score (nSPS) is 12.0. The Morgan fingerprint density at radius 3 is 2.45 bits per heavy atom. The molecule has 0 bridgehead atoms. The van der Waals surface area contributed by atoms with Crippen LogP contribution in [0.15, 0.2) is 20.7 Å². The van der Waals surface area contributed by atoms with Crippen molar-refractivity contribution in [2.75, 3.05) is 13.1 Å². The predicted molar refractivity (Wildman–Crippen MR) is 68.9 cm³/mol. The Bertz CT molecular complexity index is 702. The van der Waals surface area contributed by atoms with E-state index in [1.54, 1.807) is 18.8 Å². The Labute approximate surface area is 114 Å². The third kappa shape index (κ3) is 3.78. The number of aliphatic carboxylic acids is 1. The van der Waals surface area contributed by atoms with E-state index in [2.05, 4.69) is 0 Å². The lowest BCUT2D eigenvalue weighted by atomic mass is 10.2. The summed E-state index contributed by atoms with van der Waals surface area (Å²) in [5.41, 5.74) is -1.93. The molecular weight excluding hydrogens is 290 g/mol. The molecule has 3 N–H and O–H groups in total. The van der Waals surface area contributed by atoms with E-state index in [1.807, 2.05) is 4.98 Å². The molecule has 1 heterocycles. The summed E-state index contributed by atoms with van der Waals surface area (Å²) in [5.74, 6) is -1.47. The van der Waals surface area contributed by atoms with Crippen LogP contribution >= 0.6 is 0 Å². The molecule has 0 spiro atoms. The maximum Gasteiger partial charge on any atom is 0.325 e. The number of nitrogens with one attached hydrogen (secondary N) is 2. The molecule has 0 atom stereocenters. The molecule has 0 saturated heterocycles. The highest BCUT2D eigenvalue weighted by atomic mass is 32.2. The number of aromatic nitrogens is 2. The Kier molecular flexibility index (Phi) is 4.84. The number of aromatic amines is 2. The fraction of sp³-hybridized carbons (Fsp3) is 0.500. The summed E-state index contributed by atoms with van der Waals surface area (Å²) in [6.45, 7) is 2.59. The van der Waals surface area contributed by atoms with Gasteiger partial charge in [0.1, 0.15) is 6.54 Å². The molecule has 0 aromatic carbocycles. The van der Waals surface area contributed by atoms with Gasteiger partial charge in [-0.05, 0) is 5.92 Å². The number of H-pyrrole nitrogens is 2. The minimum atomic E-state index is -4.30. The van der Waals surface area contributed by atoms with Crippen molar-refractivity contribution in [2.45, 2.75) is 18.7 Å². The number of carboxylic acid groups (broad SMARTS) is 1. The van der Waals surface area contributed by atoms with E-state index in [1.165, 1.54) is 0 Å². The summed E-state index contributed by atoms with van der Waals surface area (Å²) < 4.78 is 25.2. The van der Waals surface area contributed by atoms with Gasteiger partial charge in [0.15, 0.2) is 4.90 Å². The van der Waals surface area contributed by atoms with Gasteiger partial charge >= 0.3 is 11.7 Å². The van der Waals surface area contributed by atoms with Gasteiger partial charge in [-0.15, -0.1) is 0 Å². The standard InChI is InChI=1S/C10H15N3O6S/c1-6(2)4-13(5-8(14)15)20(18,19)7-3-11-10(17)12-9(7)16/h3,6H,4-5H2,1-2H3,(H,14,15)(H2,11,12,16,17). The van der Waals surface area contributed by atoms with Crippen molar-refractivity contribution >= 4 is 16.0 Å². The molecule has 0 fully saturated rings. The zero-order valence-electron chi connectivity index (χ0n) is 10.9. The molecular formula is C10H15N3O6S. The number of sulfonamides is 1. The van der Waals surface area contributed by atoms with Gasteiger partial charge < -0.3 is 10.1 Å². The van der Waals surface area contributed by atoms with Gasteiger partial charge in [-0.1, -0.05) is 13.8 Å². The van der Waals surface area contributed by atoms with Crippen LogP contribution in [-0.4, -0.2) is 46.9 Å². The first kappa shape index (κ1) is 16.1. The fourth-order valence-electron chi connectivity index (χ4n) is 1.53. The Morgan fingerprint density at radius 1 is 1.40 bits per heavy atom. The first-order chi connectivity index (χ1) is 9.14. The Hall–Kier alpha value is -1.94. The second-order valence-corrected chi connectivity index (χ2v) is 6.43. The van der Waals surface area contributed by atoms with Crippen molar-refractivity contribution in [3.8, 4) is 0 Å². The molecule has 20 heavy (non-hydrogen) atoms. The summed E-state index contributed by atoms with van der Waals surface area (Å²) in [4.78, 5) is 36.3. The molecule has 0 unspecified atom stereocenters. The fourth-order valence-corrected chi connectivity index (χ4v) is 3.08. The second-order valence-electron chi connectivity index (χ2n) is 4.52. The van der Waals surface area contributed by atoms with Gasteiger partial charge in [0.2, 0.25) is 0 Å². The smallest absolute Gasteiger partial charge is 0.325 e. The first-order valence-electron chi connectivity index (χ1n) is 5.68. The molecule has 0 amide bonds. The molecule has 0 aliphatic carbocycles. The lowest BCUT2D eigenvalue weighted by Gasteiger charge is -2.21. The van der Waals surface area contributed by atoms with Gasteiger partial charge in [0.05, 0.1) is 0 Å². The lowest BCUT2D eigenvalue weighted by Crippen LogP contribution is -2.41. The number of carboxylic acids is 1. The van der Waals surface area contributed by atoms with Crippen LogP contribution in [0.1, 0.15) is 13.8 Å². The summed E-state index contributed by atoms with van der Waals surface area (Å²) in [5, 5.41) is 8.77.